The second kappa shape index (κ2) is 7.79. The molecule has 0 radical (unpaired) electrons. The lowest BCUT2D eigenvalue weighted by Gasteiger charge is -2.16. The number of nitrogens with one attached hydrogen (secondary N) is 1. The first-order valence-corrected chi connectivity index (χ1v) is 9.43. The van der Waals surface area contributed by atoms with Crippen LogP contribution in [0.1, 0.15) is 33.1 Å². The zero-order valence-corrected chi connectivity index (χ0v) is 14.4. The summed E-state index contributed by atoms with van der Waals surface area (Å²) < 4.78 is 32.3. The van der Waals surface area contributed by atoms with E-state index in [1.54, 1.807) is 17.0 Å². The van der Waals surface area contributed by atoms with Crippen LogP contribution < -0.4 is 9.46 Å². The summed E-state index contributed by atoms with van der Waals surface area (Å²) in [5.41, 5.74) is 0. The summed E-state index contributed by atoms with van der Waals surface area (Å²) in [6, 6.07) is 6.00. The van der Waals surface area contributed by atoms with Crippen LogP contribution >= 0.6 is 0 Å². The zero-order valence-electron chi connectivity index (χ0n) is 13.6. The van der Waals surface area contributed by atoms with Crippen molar-refractivity contribution in [2.75, 3.05) is 19.7 Å². The average Bonchev–Trinajstić information content (AvgIpc) is 3.07. The highest BCUT2D eigenvalue weighted by Gasteiger charge is 2.19. The summed E-state index contributed by atoms with van der Waals surface area (Å²) in [5, 5.41) is 0. The van der Waals surface area contributed by atoms with Crippen molar-refractivity contribution in [3.05, 3.63) is 24.3 Å². The largest absolute Gasteiger partial charge is 0.484 e. The van der Waals surface area contributed by atoms with E-state index in [0.29, 0.717) is 5.75 Å². The van der Waals surface area contributed by atoms with Gasteiger partial charge in [-0.3, -0.25) is 4.79 Å². The predicted octanol–water partition coefficient (Wildman–Crippen LogP) is 1.76. The molecule has 6 nitrogen and oxygen atoms in total. The SMILES string of the molecule is CC[C@H](C)NS(=O)(=O)c1ccc(OCC(=O)N2CCCC2)cc1. The van der Waals surface area contributed by atoms with Crippen molar-refractivity contribution in [1.29, 1.82) is 0 Å². The number of carbonyl (C=O) groups excluding carboxylic acids is 1. The molecular formula is C16H24N2O4S. The van der Waals surface area contributed by atoms with E-state index in [9.17, 15) is 13.2 Å². The van der Waals surface area contributed by atoms with Gasteiger partial charge < -0.3 is 9.64 Å². The van der Waals surface area contributed by atoms with Gasteiger partial charge in [-0.1, -0.05) is 6.92 Å². The molecule has 1 heterocycles. The van der Waals surface area contributed by atoms with Crippen LogP contribution in [0, 0.1) is 0 Å². The molecule has 0 spiro atoms. The summed E-state index contributed by atoms with van der Waals surface area (Å²) >= 11 is 0. The highest BCUT2D eigenvalue weighted by atomic mass is 32.2. The molecule has 7 heteroatoms. The van der Waals surface area contributed by atoms with Gasteiger partial charge in [-0.15, -0.1) is 0 Å². The number of nitrogens with zero attached hydrogens (tertiary/aromatic N) is 1. The summed E-state index contributed by atoms with van der Waals surface area (Å²) in [7, 11) is -3.51. The van der Waals surface area contributed by atoms with Crippen LogP contribution in [0.2, 0.25) is 0 Å². The monoisotopic (exact) mass is 340 g/mol. The number of amides is 1. The van der Waals surface area contributed by atoms with Crippen LogP contribution in [-0.4, -0.2) is 45.0 Å². The van der Waals surface area contributed by atoms with Gasteiger partial charge in [0.2, 0.25) is 10.0 Å². The zero-order chi connectivity index (χ0) is 16.9. The standard InChI is InChI=1S/C16H24N2O4S/c1-3-13(2)17-23(20,21)15-8-6-14(7-9-15)22-12-16(19)18-10-4-5-11-18/h6-9,13,17H,3-5,10-12H2,1-2H3/t13-/m0/s1. The Kier molecular flexibility index (Phi) is 6.01. The molecule has 0 saturated carbocycles. The number of sulfonamides is 1. The van der Waals surface area contributed by atoms with Gasteiger partial charge in [-0.25, -0.2) is 13.1 Å². The predicted molar refractivity (Wildman–Crippen MR) is 87.8 cm³/mol. The first-order valence-electron chi connectivity index (χ1n) is 7.95. The summed E-state index contributed by atoms with van der Waals surface area (Å²) in [5.74, 6) is 0.456. The summed E-state index contributed by atoms with van der Waals surface area (Å²) in [6.07, 6.45) is 2.81. The van der Waals surface area contributed by atoms with Gasteiger partial charge in [0.25, 0.3) is 5.91 Å². The molecule has 1 aromatic carbocycles. The van der Waals surface area contributed by atoms with Crippen LogP contribution in [0.5, 0.6) is 5.75 Å². The van der Waals surface area contributed by atoms with Crippen molar-refractivity contribution < 1.29 is 17.9 Å². The van der Waals surface area contributed by atoms with Gasteiger partial charge in [0, 0.05) is 19.1 Å². The number of hydrogen-bond donors (Lipinski definition) is 1. The molecule has 0 bridgehead atoms. The molecule has 0 aliphatic carbocycles. The minimum absolute atomic E-state index is 0.0167. The highest BCUT2D eigenvalue weighted by Crippen LogP contribution is 2.17. The second-order valence-electron chi connectivity index (χ2n) is 5.78. The smallest absolute Gasteiger partial charge is 0.260 e. The fourth-order valence-corrected chi connectivity index (χ4v) is 3.66. The Morgan fingerprint density at radius 1 is 1.26 bits per heavy atom. The van der Waals surface area contributed by atoms with Gasteiger partial charge in [0.1, 0.15) is 5.75 Å². The molecule has 1 aromatic rings. The maximum Gasteiger partial charge on any atom is 0.260 e. The van der Waals surface area contributed by atoms with Gasteiger partial charge in [-0.05, 0) is 50.5 Å². The molecular weight excluding hydrogens is 316 g/mol. The highest BCUT2D eigenvalue weighted by molar-refractivity contribution is 7.89. The van der Waals surface area contributed by atoms with Crippen LogP contribution in [0.25, 0.3) is 0 Å². The first kappa shape index (κ1) is 17.7. The first-order chi connectivity index (χ1) is 10.9. The second-order valence-corrected chi connectivity index (χ2v) is 7.49. The van der Waals surface area contributed by atoms with E-state index in [1.807, 2.05) is 13.8 Å². The summed E-state index contributed by atoms with van der Waals surface area (Å²) in [6.45, 7) is 5.30. The van der Waals surface area contributed by atoms with Gasteiger partial charge >= 0.3 is 0 Å². The molecule has 1 aliphatic rings. The van der Waals surface area contributed by atoms with E-state index in [4.69, 9.17) is 4.74 Å². The van der Waals surface area contributed by atoms with Crippen LogP contribution in [0.4, 0.5) is 0 Å². The molecule has 2 rings (SSSR count). The molecule has 128 valence electrons. The maximum atomic E-state index is 12.1. The average molecular weight is 340 g/mol. The number of ether oxygens (including phenoxy) is 1. The van der Waals surface area contributed by atoms with E-state index in [1.165, 1.54) is 12.1 Å². The Morgan fingerprint density at radius 3 is 2.43 bits per heavy atom. The Labute approximate surface area is 137 Å². The molecule has 1 atom stereocenters. The van der Waals surface area contributed by atoms with Gasteiger partial charge in [-0.2, -0.15) is 0 Å². The lowest BCUT2D eigenvalue weighted by atomic mass is 10.3. The molecule has 1 amide bonds. The third-order valence-electron chi connectivity index (χ3n) is 3.92. The number of likely N-dealkylation sites (tertiary alicyclic amines) is 1. The number of carbonyl (C=O) groups is 1. The molecule has 1 fully saturated rings. The van der Waals surface area contributed by atoms with Crippen LogP contribution in [0.3, 0.4) is 0 Å². The maximum absolute atomic E-state index is 12.1. The van der Waals surface area contributed by atoms with Gasteiger partial charge in [0.15, 0.2) is 6.61 Å². The molecule has 23 heavy (non-hydrogen) atoms. The van der Waals surface area contributed by atoms with Crippen molar-refractivity contribution in [2.24, 2.45) is 0 Å². The van der Waals surface area contributed by atoms with Crippen LogP contribution in [0.15, 0.2) is 29.2 Å². The lowest BCUT2D eigenvalue weighted by molar-refractivity contribution is -0.132. The van der Waals surface area contributed by atoms with Crippen molar-refractivity contribution >= 4 is 15.9 Å². The third-order valence-corrected chi connectivity index (χ3v) is 5.53. The number of hydrogen-bond acceptors (Lipinski definition) is 4. The summed E-state index contributed by atoms with van der Waals surface area (Å²) in [4.78, 5) is 13.9. The topological polar surface area (TPSA) is 75.7 Å². The Balaban J connectivity index is 1.92. The molecule has 0 unspecified atom stereocenters. The van der Waals surface area contributed by atoms with Crippen molar-refractivity contribution in [1.82, 2.24) is 9.62 Å². The fourth-order valence-electron chi connectivity index (χ4n) is 2.33. The number of rotatable bonds is 7. The third kappa shape index (κ3) is 4.94. The van der Waals surface area contributed by atoms with Crippen LogP contribution in [-0.2, 0) is 14.8 Å². The van der Waals surface area contributed by atoms with E-state index in [0.717, 1.165) is 32.4 Å². The quantitative estimate of drug-likeness (QED) is 0.821. The fraction of sp³-hybridized carbons (Fsp3) is 0.562. The lowest BCUT2D eigenvalue weighted by Crippen LogP contribution is -2.32. The Hall–Kier alpha value is -1.60. The van der Waals surface area contributed by atoms with E-state index >= 15 is 0 Å². The van der Waals surface area contributed by atoms with Gasteiger partial charge in [0.05, 0.1) is 4.90 Å². The Morgan fingerprint density at radius 2 is 1.87 bits per heavy atom. The molecule has 1 aliphatic heterocycles. The molecule has 1 saturated heterocycles. The molecule has 1 N–H and O–H groups in total. The number of benzene rings is 1. The van der Waals surface area contributed by atoms with E-state index in [2.05, 4.69) is 4.72 Å². The van der Waals surface area contributed by atoms with Crippen molar-refractivity contribution in [3.8, 4) is 5.75 Å². The van der Waals surface area contributed by atoms with Crippen molar-refractivity contribution in [3.63, 3.8) is 0 Å². The van der Waals surface area contributed by atoms with Crippen molar-refractivity contribution in [2.45, 2.75) is 44.0 Å². The Bertz CT molecular complexity index is 622. The minimum atomic E-state index is -3.51. The van der Waals surface area contributed by atoms with E-state index in [-0.39, 0.29) is 23.5 Å². The normalized spacial score (nSPS) is 16.3. The molecule has 0 aromatic heterocycles. The minimum Gasteiger partial charge on any atom is -0.484 e. The van der Waals surface area contributed by atoms with E-state index < -0.39 is 10.0 Å².